The average Bonchev–Trinajstić information content (AvgIpc) is 2.89. The predicted molar refractivity (Wildman–Crippen MR) is 136 cm³/mol. The number of benzene rings is 2. The number of carbonyl (C=O) groups is 1. The van der Waals surface area contributed by atoms with Crippen LogP contribution in [0.5, 0.6) is 5.75 Å². The first-order valence-electron chi connectivity index (χ1n) is 12.7. The minimum atomic E-state index is -0.257. The van der Waals surface area contributed by atoms with Crippen molar-refractivity contribution in [2.75, 3.05) is 61.5 Å². The molecule has 2 N–H and O–H groups in total. The number of nitrogens with one attached hydrogen (secondary N) is 2. The van der Waals surface area contributed by atoms with Gasteiger partial charge in [0.25, 0.3) is 0 Å². The van der Waals surface area contributed by atoms with Crippen LogP contribution in [0.2, 0.25) is 0 Å². The summed E-state index contributed by atoms with van der Waals surface area (Å²) in [5, 5.41) is 5.80. The van der Waals surface area contributed by atoms with E-state index < -0.39 is 0 Å². The molecular formula is C27H36N4O3. The lowest BCUT2D eigenvalue weighted by Crippen LogP contribution is -2.49. The number of hydrogen-bond acceptors (Lipinski definition) is 5. The predicted octanol–water partition coefficient (Wildman–Crippen LogP) is 4.81. The Bertz CT molecular complexity index is 926. The van der Waals surface area contributed by atoms with E-state index in [1.165, 1.54) is 45.2 Å². The maximum atomic E-state index is 12.4. The summed E-state index contributed by atoms with van der Waals surface area (Å²) in [6, 6.07) is 16.0. The molecule has 2 amide bonds. The molecular weight excluding hydrogens is 428 g/mol. The van der Waals surface area contributed by atoms with Gasteiger partial charge in [0.2, 0.25) is 0 Å². The minimum absolute atomic E-state index is 0.257. The van der Waals surface area contributed by atoms with Crippen molar-refractivity contribution in [3.05, 3.63) is 48.5 Å². The van der Waals surface area contributed by atoms with E-state index >= 15 is 0 Å². The molecule has 3 saturated heterocycles. The molecule has 0 aromatic heterocycles. The normalized spacial score (nSPS) is 23.1. The van der Waals surface area contributed by atoms with Crippen LogP contribution in [0.3, 0.4) is 0 Å². The van der Waals surface area contributed by atoms with Crippen molar-refractivity contribution in [1.82, 2.24) is 4.90 Å². The number of fused-ring (bicyclic) bond motifs is 1. The highest BCUT2D eigenvalue weighted by Gasteiger charge is 2.33. The van der Waals surface area contributed by atoms with Gasteiger partial charge in [0.05, 0.1) is 19.8 Å². The van der Waals surface area contributed by atoms with Gasteiger partial charge in [-0.05, 0) is 87.3 Å². The van der Waals surface area contributed by atoms with Crippen molar-refractivity contribution >= 4 is 23.1 Å². The maximum Gasteiger partial charge on any atom is 0.323 e. The van der Waals surface area contributed by atoms with Crippen LogP contribution in [0.15, 0.2) is 48.5 Å². The van der Waals surface area contributed by atoms with Gasteiger partial charge in [0.1, 0.15) is 5.75 Å². The van der Waals surface area contributed by atoms with Gasteiger partial charge in [-0.1, -0.05) is 6.42 Å². The molecule has 34 heavy (non-hydrogen) atoms. The van der Waals surface area contributed by atoms with E-state index in [4.69, 9.17) is 9.47 Å². The molecule has 182 valence electrons. The van der Waals surface area contributed by atoms with Gasteiger partial charge in [-0.15, -0.1) is 0 Å². The summed E-state index contributed by atoms with van der Waals surface area (Å²) in [4.78, 5) is 17.4. The number of nitrogens with zero attached hydrogens (tertiary/aromatic N) is 2. The Balaban J connectivity index is 1.08. The SMILES string of the molecule is O=C(Nc1ccc(OC[C@@H]2CCCN3CCCC[C@H]23)cc1)Nc1ccc(N2CCOCC2)cc1. The Morgan fingerprint density at radius 3 is 2.26 bits per heavy atom. The number of rotatable bonds is 6. The Kier molecular flexibility index (Phi) is 7.51. The van der Waals surface area contributed by atoms with Crippen LogP contribution < -0.4 is 20.3 Å². The largest absolute Gasteiger partial charge is 0.493 e. The first-order valence-corrected chi connectivity index (χ1v) is 12.7. The second-order valence-corrected chi connectivity index (χ2v) is 9.56. The summed E-state index contributed by atoms with van der Waals surface area (Å²) in [7, 11) is 0. The van der Waals surface area contributed by atoms with Gasteiger partial charge >= 0.3 is 6.03 Å². The summed E-state index contributed by atoms with van der Waals surface area (Å²) in [6.07, 6.45) is 6.53. The monoisotopic (exact) mass is 464 g/mol. The highest BCUT2D eigenvalue weighted by atomic mass is 16.5. The quantitative estimate of drug-likeness (QED) is 0.642. The fourth-order valence-electron chi connectivity index (χ4n) is 5.48. The van der Waals surface area contributed by atoms with Gasteiger partial charge in [0, 0.05) is 42.1 Å². The minimum Gasteiger partial charge on any atom is -0.493 e. The zero-order chi connectivity index (χ0) is 23.2. The van der Waals surface area contributed by atoms with Gasteiger partial charge in [-0.2, -0.15) is 0 Å². The zero-order valence-electron chi connectivity index (χ0n) is 19.9. The zero-order valence-corrected chi connectivity index (χ0v) is 19.9. The molecule has 0 bridgehead atoms. The molecule has 0 unspecified atom stereocenters. The van der Waals surface area contributed by atoms with E-state index in [1.807, 2.05) is 48.5 Å². The summed E-state index contributed by atoms with van der Waals surface area (Å²) in [6.45, 7) is 6.58. The van der Waals surface area contributed by atoms with Crippen LogP contribution in [-0.4, -0.2) is 63.0 Å². The van der Waals surface area contributed by atoms with E-state index in [0.717, 1.165) is 55.7 Å². The van der Waals surface area contributed by atoms with Crippen LogP contribution in [0.1, 0.15) is 32.1 Å². The molecule has 5 rings (SSSR count). The molecule has 0 spiro atoms. The Hall–Kier alpha value is -2.77. The molecule has 2 aromatic carbocycles. The number of morpholine rings is 1. The lowest BCUT2D eigenvalue weighted by atomic mass is 9.84. The van der Waals surface area contributed by atoms with Gasteiger partial charge < -0.3 is 25.0 Å². The standard InChI is InChI=1S/C27H36N4O3/c32-27(28-22-6-10-24(11-7-22)30-16-18-33-19-17-30)29-23-8-12-25(13-9-23)34-20-21-4-3-15-31-14-2-1-5-26(21)31/h6-13,21,26H,1-5,14-20H2,(H2,28,29,32)/t21-,26+/m0/s1. The second kappa shape index (κ2) is 11.1. The van der Waals surface area contributed by atoms with Crippen LogP contribution in [0.4, 0.5) is 21.9 Å². The number of piperidine rings is 2. The maximum absolute atomic E-state index is 12.4. The number of anilines is 3. The van der Waals surface area contributed by atoms with Crippen LogP contribution >= 0.6 is 0 Å². The van der Waals surface area contributed by atoms with E-state index in [9.17, 15) is 4.79 Å². The molecule has 2 atom stereocenters. The van der Waals surface area contributed by atoms with Gasteiger partial charge in [0.15, 0.2) is 0 Å². The Morgan fingerprint density at radius 1 is 0.853 bits per heavy atom. The molecule has 3 aliphatic heterocycles. The molecule has 2 aromatic rings. The average molecular weight is 465 g/mol. The fourth-order valence-corrected chi connectivity index (χ4v) is 5.48. The summed E-state index contributed by atoms with van der Waals surface area (Å²) in [5.74, 6) is 1.48. The van der Waals surface area contributed by atoms with Crippen LogP contribution in [0, 0.1) is 5.92 Å². The van der Waals surface area contributed by atoms with Gasteiger partial charge in [-0.25, -0.2) is 4.79 Å². The molecule has 3 aliphatic rings. The molecule has 3 heterocycles. The first kappa shape index (κ1) is 23.0. The number of ether oxygens (including phenoxy) is 2. The highest BCUT2D eigenvalue weighted by Crippen LogP contribution is 2.31. The molecule has 7 nitrogen and oxygen atoms in total. The van der Waals surface area contributed by atoms with Crippen molar-refractivity contribution in [1.29, 1.82) is 0 Å². The van der Waals surface area contributed by atoms with E-state index in [0.29, 0.717) is 12.0 Å². The van der Waals surface area contributed by atoms with E-state index in [1.54, 1.807) is 0 Å². The van der Waals surface area contributed by atoms with Crippen LogP contribution in [0.25, 0.3) is 0 Å². The third-order valence-electron chi connectivity index (χ3n) is 7.31. The molecule has 7 heteroatoms. The number of amides is 2. The summed E-state index contributed by atoms with van der Waals surface area (Å²) < 4.78 is 11.5. The lowest BCUT2D eigenvalue weighted by molar-refractivity contribution is 0.0366. The van der Waals surface area contributed by atoms with Crippen molar-refractivity contribution in [3.8, 4) is 5.75 Å². The van der Waals surface area contributed by atoms with E-state index in [2.05, 4.69) is 20.4 Å². The Morgan fingerprint density at radius 2 is 1.53 bits per heavy atom. The Labute approximate surface area is 202 Å². The summed E-state index contributed by atoms with van der Waals surface area (Å²) >= 11 is 0. The van der Waals surface area contributed by atoms with Crippen molar-refractivity contribution < 1.29 is 14.3 Å². The fraction of sp³-hybridized carbons (Fsp3) is 0.519. The molecule has 3 fully saturated rings. The van der Waals surface area contributed by atoms with E-state index in [-0.39, 0.29) is 6.03 Å². The van der Waals surface area contributed by atoms with Crippen molar-refractivity contribution in [2.24, 2.45) is 5.92 Å². The lowest BCUT2D eigenvalue weighted by Gasteiger charge is -2.44. The number of urea groups is 1. The second-order valence-electron chi connectivity index (χ2n) is 9.56. The third-order valence-corrected chi connectivity index (χ3v) is 7.31. The number of hydrogen-bond donors (Lipinski definition) is 2. The molecule has 0 radical (unpaired) electrons. The highest BCUT2D eigenvalue weighted by molar-refractivity contribution is 5.99. The number of carbonyl (C=O) groups excluding carboxylic acids is 1. The van der Waals surface area contributed by atoms with Crippen LogP contribution in [-0.2, 0) is 4.74 Å². The molecule has 0 saturated carbocycles. The first-order chi connectivity index (χ1) is 16.7. The topological polar surface area (TPSA) is 66.1 Å². The van der Waals surface area contributed by atoms with Crippen molar-refractivity contribution in [3.63, 3.8) is 0 Å². The summed E-state index contributed by atoms with van der Waals surface area (Å²) in [5.41, 5.74) is 2.65. The van der Waals surface area contributed by atoms with Crippen molar-refractivity contribution in [2.45, 2.75) is 38.1 Å². The smallest absolute Gasteiger partial charge is 0.323 e. The third kappa shape index (κ3) is 5.83. The van der Waals surface area contributed by atoms with Gasteiger partial charge in [-0.3, -0.25) is 4.90 Å². The molecule has 0 aliphatic carbocycles.